The quantitative estimate of drug-likeness (QED) is 0.839. The highest BCUT2D eigenvalue weighted by Gasteiger charge is 2.22. The number of nitrogens with one attached hydrogen (secondary N) is 1. The Morgan fingerprint density at radius 1 is 1.50 bits per heavy atom. The topological polar surface area (TPSA) is 61.8 Å². The minimum atomic E-state index is -0.415. The number of nitrogens with zero attached hydrogens (tertiary/aromatic N) is 1. The molecule has 1 aromatic carbocycles. The van der Waals surface area contributed by atoms with E-state index in [0.29, 0.717) is 24.5 Å². The van der Waals surface area contributed by atoms with Crippen LogP contribution in [0, 0.1) is 0 Å². The van der Waals surface area contributed by atoms with Crippen molar-refractivity contribution in [2.45, 2.75) is 18.9 Å². The number of piperidine rings is 1. The molecule has 0 spiro atoms. The minimum absolute atomic E-state index is 0.196. The van der Waals surface area contributed by atoms with Crippen molar-refractivity contribution in [2.24, 2.45) is 0 Å². The zero-order valence-corrected chi connectivity index (χ0v) is 10.4. The Morgan fingerprint density at radius 3 is 3.00 bits per heavy atom. The fourth-order valence-electron chi connectivity index (χ4n) is 2.08. The van der Waals surface area contributed by atoms with E-state index in [4.69, 9.17) is 4.74 Å². The number of para-hydroxylation sites is 2. The zero-order chi connectivity index (χ0) is 13.0. The molecular weight excluding hydrogens is 232 g/mol. The van der Waals surface area contributed by atoms with Gasteiger partial charge in [-0.2, -0.15) is 0 Å². The summed E-state index contributed by atoms with van der Waals surface area (Å²) in [6.45, 7) is 1.07. The summed E-state index contributed by atoms with van der Waals surface area (Å²) >= 11 is 0. The molecule has 1 fully saturated rings. The molecular formula is C13H18N2O3. The molecule has 2 amide bonds. The first kappa shape index (κ1) is 12.7. The number of rotatable bonds is 2. The van der Waals surface area contributed by atoms with Crippen molar-refractivity contribution in [3.8, 4) is 5.75 Å². The third kappa shape index (κ3) is 2.92. The fraction of sp³-hybridized carbons (Fsp3) is 0.462. The normalized spacial score (nSPS) is 19.4. The van der Waals surface area contributed by atoms with Crippen molar-refractivity contribution in [3.05, 3.63) is 24.3 Å². The van der Waals surface area contributed by atoms with E-state index in [1.807, 2.05) is 12.1 Å². The van der Waals surface area contributed by atoms with E-state index in [9.17, 15) is 9.90 Å². The Bertz CT molecular complexity index is 422. The number of aliphatic hydroxyl groups is 1. The molecule has 0 radical (unpaired) electrons. The van der Waals surface area contributed by atoms with Crippen LogP contribution in [0.4, 0.5) is 10.5 Å². The molecule has 98 valence electrons. The van der Waals surface area contributed by atoms with E-state index in [0.717, 1.165) is 12.8 Å². The second-order valence-electron chi connectivity index (χ2n) is 4.37. The SMILES string of the molecule is COc1ccccc1NC(=O)N1CCC[C@@H](O)C1. The third-order valence-electron chi connectivity index (χ3n) is 3.03. The molecule has 1 aromatic rings. The molecule has 5 nitrogen and oxygen atoms in total. The molecule has 1 aliphatic heterocycles. The predicted molar refractivity (Wildman–Crippen MR) is 68.8 cm³/mol. The van der Waals surface area contributed by atoms with Gasteiger partial charge in [0.25, 0.3) is 0 Å². The van der Waals surface area contributed by atoms with Crippen LogP contribution in [0.5, 0.6) is 5.75 Å². The second kappa shape index (κ2) is 5.73. The van der Waals surface area contributed by atoms with Gasteiger partial charge in [0.05, 0.1) is 18.9 Å². The molecule has 18 heavy (non-hydrogen) atoms. The number of likely N-dealkylation sites (tertiary alicyclic amines) is 1. The summed E-state index contributed by atoms with van der Waals surface area (Å²) in [6.07, 6.45) is 1.18. The molecule has 1 aliphatic rings. The van der Waals surface area contributed by atoms with Crippen molar-refractivity contribution in [3.63, 3.8) is 0 Å². The van der Waals surface area contributed by atoms with Crippen molar-refractivity contribution in [2.75, 3.05) is 25.5 Å². The lowest BCUT2D eigenvalue weighted by Crippen LogP contribution is -2.44. The number of carbonyl (C=O) groups excluding carboxylic acids is 1. The highest BCUT2D eigenvalue weighted by molar-refractivity contribution is 5.91. The van der Waals surface area contributed by atoms with Gasteiger partial charge in [-0.15, -0.1) is 0 Å². The van der Waals surface area contributed by atoms with Crippen LogP contribution >= 0.6 is 0 Å². The van der Waals surface area contributed by atoms with Crippen LogP contribution in [0.3, 0.4) is 0 Å². The van der Waals surface area contributed by atoms with Gasteiger partial charge in [0, 0.05) is 13.1 Å². The molecule has 5 heteroatoms. The number of β-amino-alcohol motifs (C(OH)–C–C–N with tert-alkyl or cyclic N) is 1. The van der Waals surface area contributed by atoms with Crippen LogP contribution in [0.2, 0.25) is 0 Å². The van der Waals surface area contributed by atoms with Gasteiger partial charge in [-0.25, -0.2) is 4.79 Å². The number of amides is 2. The monoisotopic (exact) mass is 250 g/mol. The first-order valence-corrected chi connectivity index (χ1v) is 6.07. The standard InChI is InChI=1S/C13H18N2O3/c1-18-12-7-3-2-6-11(12)14-13(17)15-8-4-5-10(16)9-15/h2-3,6-7,10,16H,4-5,8-9H2,1H3,(H,14,17)/t10-/m1/s1. The van der Waals surface area contributed by atoms with E-state index < -0.39 is 6.10 Å². The highest BCUT2D eigenvalue weighted by atomic mass is 16.5. The van der Waals surface area contributed by atoms with Crippen LogP contribution in [-0.2, 0) is 0 Å². The number of carbonyl (C=O) groups is 1. The summed E-state index contributed by atoms with van der Waals surface area (Å²) in [7, 11) is 1.57. The molecule has 1 heterocycles. The van der Waals surface area contributed by atoms with Crippen molar-refractivity contribution in [1.29, 1.82) is 0 Å². The molecule has 0 saturated carbocycles. The molecule has 2 N–H and O–H groups in total. The number of aliphatic hydroxyl groups excluding tert-OH is 1. The Kier molecular flexibility index (Phi) is 4.04. The maximum absolute atomic E-state index is 12.0. The summed E-state index contributed by atoms with van der Waals surface area (Å²) in [5, 5.41) is 12.4. The predicted octanol–water partition coefficient (Wildman–Crippen LogP) is 1.68. The van der Waals surface area contributed by atoms with Crippen molar-refractivity contribution < 1.29 is 14.6 Å². The largest absolute Gasteiger partial charge is 0.495 e. The van der Waals surface area contributed by atoms with Crippen LogP contribution < -0.4 is 10.1 Å². The Labute approximate surface area is 106 Å². The number of hydrogen-bond donors (Lipinski definition) is 2. The minimum Gasteiger partial charge on any atom is -0.495 e. The van der Waals surface area contributed by atoms with E-state index in [2.05, 4.69) is 5.32 Å². The van der Waals surface area contributed by atoms with Crippen LogP contribution in [-0.4, -0.2) is 42.3 Å². The smallest absolute Gasteiger partial charge is 0.322 e. The van der Waals surface area contributed by atoms with Gasteiger partial charge in [-0.3, -0.25) is 0 Å². The summed E-state index contributed by atoms with van der Waals surface area (Å²) < 4.78 is 5.17. The molecule has 2 rings (SSSR count). The third-order valence-corrected chi connectivity index (χ3v) is 3.03. The second-order valence-corrected chi connectivity index (χ2v) is 4.37. The molecule has 1 saturated heterocycles. The Hall–Kier alpha value is -1.75. The van der Waals surface area contributed by atoms with Gasteiger partial charge < -0.3 is 20.1 Å². The van der Waals surface area contributed by atoms with Gasteiger partial charge in [0.15, 0.2) is 0 Å². The van der Waals surface area contributed by atoms with Gasteiger partial charge in [0.1, 0.15) is 5.75 Å². The number of ether oxygens (including phenoxy) is 1. The number of benzene rings is 1. The molecule has 0 unspecified atom stereocenters. The maximum Gasteiger partial charge on any atom is 0.322 e. The number of hydrogen-bond acceptors (Lipinski definition) is 3. The van der Waals surface area contributed by atoms with Crippen LogP contribution in [0.1, 0.15) is 12.8 Å². The zero-order valence-electron chi connectivity index (χ0n) is 10.4. The first-order chi connectivity index (χ1) is 8.70. The van der Waals surface area contributed by atoms with E-state index >= 15 is 0 Å². The van der Waals surface area contributed by atoms with Gasteiger partial charge in [0.2, 0.25) is 0 Å². The number of urea groups is 1. The Morgan fingerprint density at radius 2 is 2.28 bits per heavy atom. The van der Waals surface area contributed by atoms with Gasteiger partial charge >= 0.3 is 6.03 Å². The summed E-state index contributed by atoms with van der Waals surface area (Å²) in [6, 6.07) is 7.07. The van der Waals surface area contributed by atoms with Crippen molar-refractivity contribution in [1.82, 2.24) is 4.90 Å². The van der Waals surface area contributed by atoms with Crippen LogP contribution in [0.15, 0.2) is 24.3 Å². The fourth-order valence-corrected chi connectivity index (χ4v) is 2.08. The molecule has 1 atom stereocenters. The van der Waals surface area contributed by atoms with E-state index in [1.165, 1.54) is 0 Å². The molecule has 0 bridgehead atoms. The highest BCUT2D eigenvalue weighted by Crippen LogP contribution is 2.23. The molecule has 0 aliphatic carbocycles. The van der Waals surface area contributed by atoms with Crippen molar-refractivity contribution >= 4 is 11.7 Å². The lowest BCUT2D eigenvalue weighted by atomic mass is 10.1. The number of methoxy groups -OCH3 is 1. The van der Waals surface area contributed by atoms with Gasteiger partial charge in [-0.1, -0.05) is 12.1 Å². The van der Waals surface area contributed by atoms with Gasteiger partial charge in [-0.05, 0) is 25.0 Å². The summed E-state index contributed by atoms with van der Waals surface area (Å²) in [5.74, 6) is 0.628. The number of anilines is 1. The van der Waals surface area contributed by atoms with E-state index in [-0.39, 0.29) is 6.03 Å². The maximum atomic E-state index is 12.0. The Balaban J connectivity index is 2.02. The summed E-state index contributed by atoms with van der Waals surface area (Å²) in [4.78, 5) is 13.7. The lowest BCUT2D eigenvalue weighted by molar-refractivity contribution is 0.0883. The lowest BCUT2D eigenvalue weighted by Gasteiger charge is -2.30. The molecule has 0 aromatic heterocycles. The van der Waals surface area contributed by atoms with E-state index in [1.54, 1.807) is 24.1 Å². The first-order valence-electron chi connectivity index (χ1n) is 6.07. The summed E-state index contributed by atoms with van der Waals surface area (Å²) in [5.41, 5.74) is 0.644. The average Bonchev–Trinajstić information content (AvgIpc) is 2.39. The van der Waals surface area contributed by atoms with Crippen LogP contribution in [0.25, 0.3) is 0 Å². The average molecular weight is 250 g/mol.